The fourth-order valence-corrected chi connectivity index (χ4v) is 4.45. The average Bonchev–Trinajstić information content (AvgIpc) is 3.40. The van der Waals surface area contributed by atoms with Crippen molar-refractivity contribution in [3.63, 3.8) is 0 Å². The van der Waals surface area contributed by atoms with Crippen LogP contribution in [0.2, 0.25) is 5.02 Å². The van der Waals surface area contributed by atoms with Crippen LogP contribution in [0.4, 0.5) is 18.9 Å². The molecule has 0 radical (unpaired) electrons. The molecule has 2 aromatic carbocycles. The first-order valence-corrected chi connectivity index (χ1v) is 11.8. The van der Waals surface area contributed by atoms with Crippen molar-refractivity contribution in [1.29, 1.82) is 0 Å². The third-order valence-corrected chi connectivity index (χ3v) is 6.45. The number of aliphatic imine (C=N–C) groups is 1. The number of esters is 1. The van der Waals surface area contributed by atoms with Crippen molar-refractivity contribution in [3.05, 3.63) is 81.4 Å². The van der Waals surface area contributed by atoms with Crippen LogP contribution in [0.1, 0.15) is 28.6 Å². The molecule has 0 atom stereocenters. The zero-order chi connectivity index (χ0) is 26.0. The summed E-state index contributed by atoms with van der Waals surface area (Å²) in [6.45, 7) is 1.99. The standard InChI is InChI=1S/C25H18ClF3N2O4S/c1-3-34-23(33)14-4-7-16(8-5-14)30-24-31(2)22(32)21(36-24)13-17-9-11-20(35-17)15-6-10-19(26)18(12-15)25(27,28)29/h4-13H,3H2,1-2H3/b21-13-,30-24?. The normalized spacial score (nSPS) is 16.3. The lowest BCUT2D eigenvalue weighted by atomic mass is 10.1. The van der Waals surface area contributed by atoms with E-state index in [1.54, 1.807) is 44.3 Å². The zero-order valence-electron chi connectivity index (χ0n) is 18.9. The number of furan rings is 1. The average molecular weight is 535 g/mol. The highest BCUT2D eigenvalue weighted by atomic mass is 35.5. The van der Waals surface area contributed by atoms with E-state index in [4.69, 9.17) is 20.8 Å². The number of carbonyl (C=O) groups excluding carboxylic acids is 2. The summed E-state index contributed by atoms with van der Waals surface area (Å²) in [5.41, 5.74) is 0.168. The maximum absolute atomic E-state index is 13.2. The van der Waals surface area contributed by atoms with Crippen LogP contribution < -0.4 is 0 Å². The highest BCUT2D eigenvalue weighted by Gasteiger charge is 2.34. The van der Waals surface area contributed by atoms with Gasteiger partial charge in [0.25, 0.3) is 5.91 Å². The molecule has 0 aliphatic carbocycles. The van der Waals surface area contributed by atoms with Crippen molar-refractivity contribution in [2.45, 2.75) is 13.1 Å². The Balaban J connectivity index is 1.54. The molecule has 1 saturated heterocycles. The van der Waals surface area contributed by atoms with Crippen molar-refractivity contribution in [3.8, 4) is 11.3 Å². The number of nitrogens with zero attached hydrogens (tertiary/aromatic N) is 2. The number of benzene rings is 2. The summed E-state index contributed by atoms with van der Waals surface area (Å²) in [6.07, 6.45) is -3.10. The SMILES string of the molecule is CCOC(=O)c1ccc(N=C2S/C(=C\c3ccc(-c4ccc(Cl)c(C(F)(F)F)c4)o3)C(=O)N2C)cc1. The predicted octanol–water partition coefficient (Wildman–Crippen LogP) is 7.03. The zero-order valence-corrected chi connectivity index (χ0v) is 20.5. The van der Waals surface area contributed by atoms with Crippen molar-refractivity contribution < 1.29 is 31.9 Å². The van der Waals surface area contributed by atoms with Gasteiger partial charge in [0.15, 0.2) is 5.17 Å². The van der Waals surface area contributed by atoms with Crippen LogP contribution >= 0.6 is 23.4 Å². The number of halogens is 4. The topological polar surface area (TPSA) is 72.1 Å². The van der Waals surface area contributed by atoms with Crippen molar-refractivity contribution in [1.82, 2.24) is 4.90 Å². The van der Waals surface area contributed by atoms with Crippen LogP contribution in [-0.2, 0) is 15.7 Å². The van der Waals surface area contributed by atoms with Gasteiger partial charge in [-0.05, 0) is 73.3 Å². The third kappa shape index (κ3) is 5.50. The van der Waals surface area contributed by atoms with E-state index in [0.29, 0.717) is 21.3 Å². The Labute approximate surface area is 213 Å². The maximum Gasteiger partial charge on any atom is 0.417 e. The number of rotatable bonds is 5. The number of ether oxygens (including phenoxy) is 1. The predicted molar refractivity (Wildman–Crippen MR) is 132 cm³/mol. The van der Waals surface area contributed by atoms with Crippen LogP contribution in [0.25, 0.3) is 17.4 Å². The number of alkyl halides is 3. The van der Waals surface area contributed by atoms with Crippen molar-refractivity contribution in [2.75, 3.05) is 13.7 Å². The summed E-state index contributed by atoms with van der Waals surface area (Å²) in [5, 5.41) is 0.00733. The summed E-state index contributed by atoms with van der Waals surface area (Å²) in [4.78, 5) is 30.7. The number of hydrogen-bond donors (Lipinski definition) is 0. The summed E-state index contributed by atoms with van der Waals surface area (Å²) in [5.74, 6) is -0.262. The van der Waals surface area contributed by atoms with Gasteiger partial charge >= 0.3 is 12.1 Å². The van der Waals surface area contributed by atoms with Crippen LogP contribution in [0.5, 0.6) is 0 Å². The fourth-order valence-electron chi connectivity index (χ4n) is 3.26. The molecule has 1 aliphatic rings. The van der Waals surface area contributed by atoms with Gasteiger partial charge in [0, 0.05) is 18.7 Å². The lowest BCUT2D eigenvalue weighted by Crippen LogP contribution is -2.23. The second-order valence-electron chi connectivity index (χ2n) is 7.53. The molecule has 0 bridgehead atoms. The minimum absolute atomic E-state index is 0.198. The second kappa shape index (κ2) is 10.2. The van der Waals surface area contributed by atoms with E-state index in [9.17, 15) is 22.8 Å². The molecule has 0 spiro atoms. The molecule has 186 valence electrons. The van der Waals surface area contributed by atoms with Gasteiger partial charge in [0.2, 0.25) is 0 Å². The van der Waals surface area contributed by atoms with Crippen LogP contribution in [0.3, 0.4) is 0 Å². The summed E-state index contributed by atoms with van der Waals surface area (Å²) >= 11 is 6.80. The van der Waals surface area contributed by atoms with Gasteiger partial charge < -0.3 is 9.15 Å². The third-order valence-electron chi connectivity index (χ3n) is 5.06. The van der Waals surface area contributed by atoms with E-state index in [1.165, 1.54) is 23.1 Å². The quantitative estimate of drug-likeness (QED) is 0.259. The monoisotopic (exact) mass is 534 g/mol. The van der Waals surface area contributed by atoms with E-state index in [1.807, 2.05) is 0 Å². The maximum atomic E-state index is 13.2. The Morgan fingerprint density at radius 1 is 1.17 bits per heavy atom. The molecule has 2 heterocycles. The first-order chi connectivity index (χ1) is 17.1. The van der Waals surface area contributed by atoms with Gasteiger partial charge in [-0.15, -0.1) is 0 Å². The van der Waals surface area contributed by atoms with Gasteiger partial charge in [-0.1, -0.05) is 11.6 Å². The molecule has 0 unspecified atom stereocenters. The molecule has 4 rings (SSSR count). The summed E-state index contributed by atoms with van der Waals surface area (Å²) < 4.78 is 50.2. The first-order valence-electron chi connectivity index (χ1n) is 10.6. The molecule has 1 aromatic heterocycles. The van der Waals surface area contributed by atoms with Crippen molar-refractivity contribution in [2.24, 2.45) is 4.99 Å². The van der Waals surface area contributed by atoms with Gasteiger partial charge in [0.1, 0.15) is 11.5 Å². The minimum atomic E-state index is -4.60. The number of hydrogen-bond acceptors (Lipinski definition) is 6. The van der Waals surface area contributed by atoms with Crippen molar-refractivity contribution >= 4 is 52.2 Å². The number of amidine groups is 1. The Kier molecular flexibility index (Phi) is 7.28. The molecule has 0 N–H and O–H groups in total. The summed E-state index contributed by atoms with van der Waals surface area (Å²) in [6, 6.07) is 13.0. The molecular formula is C25H18ClF3N2O4S. The van der Waals surface area contributed by atoms with E-state index in [-0.39, 0.29) is 29.6 Å². The molecular weight excluding hydrogens is 517 g/mol. The molecule has 36 heavy (non-hydrogen) atoms. The van der Waals surface area contributed by atoms with Crippen LogP contribution in [-0.4, -0.2) is 35.6 Å². The summed E-state index contributed by atoms with van der Waals surface area (Å²) in [7, 11) is 1.57. The van der Waals surface area contributed by atoms with Crippen LogP contribution in [0, 0.1) is 0 Å². The molecule has 6 nitrogen and oxygen atoms in total. The molecule has 1 amide bonds. The number of carbonyl (C=O) groups is 2. The number of amides is 1. The van der Waals surface area contributed by atoms with E-state index >= 15 is 0 Å². The Morgan fingerprint density at radius 3 is 2.56 bits per heavy atom. The van der Waals surface area contributed by atoms with E-state index in [2.05, 4.69) is 4.99 Å². The van der Waals surface area contributed by atoms with Crippen LogP contribution in [0.15, 0.2) is 68.9 Å². The molecule has 11 heteroatoms. The van der Waals surface area contributed by atoms with Gasteiger partial charge in [-0.3, -0.25) is 9.69 Å². The molecule has 1 fully saturated rings. The van der Waals surface area contributed by atoms with E-state index < -0.39 is 22.7 Å². The Morgan fingerprint density at radius 2 is 1.89 bits per heavy atom. The number of likely N-dealkylation sites (N-methyl/N-ethyl adjacent to an activating group) is 1. The second-order valence-corrected chi connectivity index (χ2v) is 8.95. The molecule has 1 aliphatic heterocycles. The highest BCUT2D eigenvalue weighted by molar-refractivity contribution is 8.18. The fraction of sp³-hybridized carbons (Fsp3) is 0.160. The highest BCUT2D eigenvalue weighted by Crippen LogP contribution is 2.38. The van der Waals surface area contributed by atoms with Gasteiger partial charge in [0.05, 0.1) is 33.3 Å². The molecule has 0 saturated carbocycles. The molecule has 3 aromatic rings. The lowest BCUT2D eigenvalue weighted by molar-refractivity contribution is -0.137. The number of thioether (sulfide) groups is 1. The smallest absolute Gasteiger partial charge is 0.417 e. The largest absolute Gasteiger partial charge is 0.462 e. The van der Waals surface area contributed by atoms with Gasteiger partial charge in [-0.2, -0.15) is 13.2 Å². The first kappa shape index (κ1) is 25.6. The van der Waals surface area contributed by atoms with E-state index in [0.717, 1.165) is 23.9 Å². The lowest BCUT2D eigenvalue weighted by Gasteiger charge is -2.09. The Hall–Kier alpha value is -3.50. The van der Waals surface area contributed by atoms with Gasteiger partial charge in [-0.25, -0.2) is 9.79 Å². The minimum Gasteiger partial charge on any atom is -0.462 e. The Bertz CT molecular complexity index is 1380.